The van der Waals surface area contributed by atoms with Crippen molar-refractivity contribution in [3.63, 3.8) is 0 Å². The Labute approximate surface area is 126 Å². The molecule has 0 radical (unpaired) electrons. The SMILES string of the molecule is Cc1cc(N2CCC(CN)CC2)ccn1.O=C(O)C(F)(F)F. The van der Waals surface area contributed by atoms with Crippen molar-refractivity contribution in [1.82, 2.24) is 4.98 Å². The molecule has 0 bridgehead atoms. The molecule has 8 heteroatoms. The fourth-order valence-electron chi connectivity index (χ4n) is 2.15. The third-order valence-corrected chi connectivity index (χ3v) is 3.44. The van der Waals surface area contributed by atoms with Crippen LogP contribution >= 0.6 is 0 Å². The molecule has 0 aliphatic carbocycles. The number of nitrogens with two attached hydrogens (primary N) is 1. The van der Waals surface area contributed by atoms with Crippen LogP contribution in [0.4, 0.5) is 18.9 Å². The number of piperidine rings is 1. The van der Waals surface area contributed by atoms with Crippen LogP contribution in [0.3, 0.4) is 0 Å². The molecule has 1 saturated heterocycles. The zero-order chi connectivity index (χ0) is 16.8. The number of carbonyl (C=O) groups is 1. The minimum Gasteiger partial charge on any atom is -0.475 e. The van der Waals surface area contributed by atoms with Gasteiger partial charge in [-0.2, -0.15) is 13.2 Å². The summed E-state index contributed by atoms with van der Waals surface area (Å²) >= 11 is 0. The molecule has 0 unspecified atom stereocenters. The molecule has 0 spiro atoms. The van der Waals surface area contributed by atoms with E-state index < -0.39 is 12.1 Å². The monoisotopic (exact) mass is 319 g/mol. The normalized spacial score (nSPS) is 16.0. The molecule has 22 heavy (non-hydrogen) atoms. The standard InChI is InChI=1S/C12H19N3.C2HF3O2/c1-10-8-12(2-5-14-10)15-6-3-11(9-13)4-7-15;3-2(4,5)1(6)7/h2,5,8,11H,3-4,6-7,9,13H2,1H3;(H,6,7). The van der Waals surface area contributed by atoms with Gasteiger partial charge in [-0.15, -0.1) is 0 Å². The second-order valence-electron chi connectivity index (χ2n) is 5.12. The van der Waals surface area contributed by atoms with E-state index in [-0.39, 0.29) is 0 Å². The quantitative estimate of drug-likeness (QED) is 0.873. The number of aromatic nitrogens is 1. The molecule has 0 aromatic carbocycles. The van der Waals surface area contributed by atoms with Gasteiger partial charge >= 0.3 is 12.1 Å². The van der Waals surface area contributed by atoms with Crippen molar-refractivity contribution in [2.45, 2.75) is 25.9 Å². The van der Waals surface area contributed by atoms with Crippen LogP contribution in [0.2, 0.25) is 0 Å². The minimum atomic E-state index is -5.08. The summed E-state index contributed by atoms with van der Waals surface area (Å²) in [5, 5.41) is 7.12. The third-order valence-electron chi connectivity index (χ3n) is 3.44. The predicted molar refractivity (Wildman–Crippen MR) is 76.7 cm³/mol. The summed E-state index contributed by atoms with van der Waals surface area (Å²) in [6, 6.07) is 4.25. The van der Waals surface area contributed by atoms with E-state index in [9.17, 15) is 13.2 Å². The second-order valence-corrected chi connectivity index (χ2v) is 5.12. The van der Waals surface area contributed by atoms with Gasteiger partial charge in [-0.3, -0.25) is 4.98 Å². The molecule has 0 atom stereocenters. The number of anilines is 1. The Morgan fingerprint density at radius 2 is 2.00 bits per heavy atom. The van der Waals surface area contributed by atoms with Crippen LogP contribution in [-0.2, 0) is 4.79 Å². The maximum atomic E-state index is 10.6. The van der Waals surface area contributed by atoms with Gasteiger partial charge in [0.2, 0.25) is 0 Å². The first-order chi connectivity index (χ1) is 10.2. The van der Waals surface area contributed by atoms with Gasteiger partial charge in [-0.1, -0.05) is 0 Å². The zero-order valence-corrected chi connectivity index (χ0v) is 12.3. The van der Waals surface area contributed by atoms with E-state index in [2.05, 4.69) is 22.0 Å². The van der Waals surface area contributed by atoms with Gasteiger partial charge in [-0.25, -0.2) is 4.79 Å². The summed E-state index contributed by atoms with van der Waals surface area (Å²) in [4.78, 5) is 15.5. The van der Waals surface area contributed by atoms with Crippen LogP contribution in [0.15, 0.2) is 18.3 Å². The molecule has 5 nitrogen and oxygen atoms in total. The molecular formula is C14H20F3N3O2. The Hall–Kier alpha value is -1.83. The van der Waals surface area contributed by atoms with Crippen molar-refractivity contribution >= 4 is 11.7 Å². The molecule has 2 heterocycles. The first-order valence-corrected chi connectivity index (χ1v) is 6.91. The smallest absolute Gasteiger partial charge is 0.475 e. The number of halogens is 3. The number of rotatable bonds is 2. The lowest BCUT2D eigenvalue weighted by Crippen LogP contribution is -2.36. The number of hydrogen-bond donors (Lipinski definition) is 2. The van der Waals surface area contributed by atoms with Crippen LogP contribution in [0.5, 0.6) is 0 Å². The van der Waals surface area contributed by atoms with Crippen molar-refractivity contribution < 1.29 is 23.1 Å². The number of carboxylic acid groups (broad SMARTS) is 1. The van der Waals surface area contributed by atoms with E-state index in [1.54, 1.807) is 0 Å². The molecule has 1 aromatic rings. The van der Waals surface area contributed by atoms with Crippen LogP contribution in [0, 0.1) is 12.8 Å². The van der Waals surface area contributed by atoms with Gasteiger partial charge in [0, 0.05) is 30.7 Å². The molecule has 1 fully saturated rings. The predicted octanol–water partition coefficient (Wildman–Crippen LogP) is 2.20. The highest BCUT2D eigenvalue weighted by atomic mass is 19.4. The number of alkyl halides is 3. The first-order valence-electron chi connectivity index (χ1n) is 6.91. The number of aliphatic carboxylic acids is 1. The average molecular weight is 319 g/mol. The Morgan fingerprint density at radius 3 is 2.41 bits per heavy atom. The topological polar surface area (TPSA) is 79.5 Å². The summed E-state index contributed by atoms with van der Waals surface area (Å²) in [6.45, 7) is 5.13. The van der Waals surface area contributed by atoms with E-state index in [4.69, 9.17) is 15.6 Å². The largest absolute Gasteiger partial charge is 0.490 e. The lowest BCUT2D eigenvalue weighted by molar-refractivity contribution is -0.192. The number of pyridine rings is 1. The molecule has 3 N–H and O–H groups in total. The average Bonchev–Trinajstić information content (AvgIpc) is 2.47. The number of nitrogens with zero attached hydrogens (tertiary/aromatic N) is 2. The van der Waals surface area contributed by atoms with E-state index in [1.807, 2.05) is 13.1 Å². The van der Waals surface area contributed by atoms with Crippen molar-refractivity contribution in [3.05, 3.63) is 24.0 Å². The van der Waals surface area contributed by atoms with Crippen molar-refractivity contribution in [2.24, 2.45) is 11.7 Å². The van der Waals surface area contributed by atoms with Crippen LogP contribution < -0.4 is 10.6 Å². The van der Waals surface area contributed by atoms with E-state index in [1.165, 1.54) is 18.5 Å². The molecule has 1 aliphatic rings. The van der Waals surface area contributed by atoms with Gasteiger partial charge in [0.15, 0.2) is 0 Å². The Balaban J connectivity index is 0.000000295. The van der Waals surface area contributed by atoms with Crippen molar-refractivity contribution in [3.8, 4) is 0 Å². The van der Waals surface area contributed by atoms with E-state index in [0.717, 1.165) is 31.2 Å². The van der Waals surface area contributed by atoms with Gasteiger partial charge in [0.1, 0.15) is 0 Å². The van der Waals surface area contributed by atoms with Gasteiger partial charge in [0.05, 0.1) is 0 Å². The number of carboxylic acids is 1. The van der Waals surface area contributed by atoms with E-state index in [0.29, 0.717) is 0 Å². The fourth-order valence-corrected chi connectivity index (χ4v) is 2.15. The molecule has 124 valence electrons. The summed E-state index contributed by atoms with van der Waals surface area (Å²) in [6.07, 6.45) is -0.755. The Kier molecular flexibility index (Phi) is 6.61. The molecular weight excluding hydrogens is 299 g/mol. The van der Waals surface area contributed by atoms with Gasteiger partial charge in [0.25, 0.3) is 0 Å². The van der Waals surface area contributed by atoms with Crippen LogP contribution in [0.25, 0.3) is 0 Å². The fraction of sp³-hybridized carbons (Fsp3) is 0.571. The summed E-state index contributed by atoms with van der Waals surface area (Å²) in [5.41, 5.74) is 8.08. The highest BCUT2D eigenvalue weighted by molar-refractivity contribution is 5.73. The minimum absolute atomic E-state index is 0.726. The lowest BCUT2D eigenvalue weighted by Gasteiger charge is -2.33. The molecule has 1 aromatic heterocycles. The van der Waals surface area contributed by atoms with E-state index >= 15 is 0 Å². The maximum absolute atomic E-state index is 10.6. The number of aryl methyl sites for hydroxylation is 1. The van der Waals surface area contributed by atoms with Crippen LogP contribution in [0.1, 0.15) is 18.5 Å². The second kappa shape index (κ2) is 7.98. The summed E-state index contributed by atoms with van der Waals surface area (Å²) < 4.78 is 31.7. The Bertz CT molecular complexity index is 486. The van der Waals surface area contributed by atoms with Gasteiger partial charge in [-0.05, 0) is 44.4 Å². The third kappa shape index (κ3) is 5.88. The lowest BCUT2D eigenvalue weighted by atomic mass is 9.97. The molecule has 1 aliphatic heterocycles. The highest BCUT2D eigenvalue weighted by Gasteiger charge is 2.38. The van der Waals surface area contributed by atoms with Gasteiger partial charge < -0.3 is 15.7 Å². The molecule has 2 rings (SSSR count). The highest BCUT2D eigenvalue weighted by Crippen LogP contribution is 2.22. The summed E-state index contributed by atoms with van der Waals surface area (Å²) in [5.74, 6) is -2.03. The zero-order valence-electron chi connectivity index (χ0n) is 12.3. The summed E-state index contributed by atoms with van der Waals surface area (Å²) in [7, 11) is 0. The Morgan fingerprint density at radius 1 is 1.45 bits per heavy atom. The van der Waals surface area contributed by atoms with Crippen molar-refractivity contribution in [2.75, 3.05) is 24.5 Å². The first kappa shape index (κ1) is 18.2. The maximum Gasteiger partial charge on any atom is 0.490 e. The van der Waals surface area contributed by atoms with Crippen molar-refractivity contribution in [1.29, 1.82) is 0 Å². The number of hydrogen-bond acceptors (Lipinski definition) is 4. The molecule has 0 saturated carbocycles. The molecule has 0 amide bonds. The van der Waals surface area contributed by atoms with Crippen LogP contribution in [-0.4, -0.2) is 41.9 Å².